The number of benzene rings is 3. The number of carbonyl (C=O) groups is 2. The van der Waals surface area contributed by atoms with Crippen molar-refractivity contribution < 1.29 is 22.7 Å². The van der Waals surface area contributed by atoms with E-state index in [-0.39, 0.29) is 46.4 Å². The highest BCUT2D eigenvalue weighted by Gasteiger charge is 2.34. The average molecular weight is 655 g/mol. The summed E-state index contributed by atoms with van der Waals surface area (Å²) in [5, 5.41) is 3.86. The van der Waals surface area contributed by atoms with Crippen LogP contribution in [0.3, 0.4) is 0 Å². The number of sulfonamides is 1. The lowest BCUT2D eigenvalue weighted by Gasteiger charge is -2.34. The van der Waals surface area contributed by atoms with Crippen LogP contribution in [0.15, 0.2) is 66.7 Å². The maximum Gasteiger partial charge on any atom is 0.244 e. The van der Waals surface area contributed by atoms with E-state index < -0.39 is 28.5 Å². The van der Waals surface area contributed by atoms with Gasteiger partial charge in [-0.15, -0.1) is 0 Å². The number of anilines is 1. The van der Waals surface area contributed by atoms with Crippen molar-refractivity contribution >= 4 is 62.3 Å². The van der Waals surface area contributed by atoms with Crippen molar-refractivity contribution in [3.05, 3.63) is 92.9 Å². The van der Waals surface area contributed by atoms with Gasteiger partial charge in [0, 0.05) is 24.0 Å². The standard InChI is InChI=1S/C30H34Cl3N3O5S/c1-5-20(2)34-30(38)27(16-21-9-7-6-8-10-21)35(18-22-11-13-24(32)25(33)15-22)29(37)19-36(42(4,39)40)26-17-23(31)12-14-28(26)41-3/h6-15,17,20,27H,5,16,18-19H2,1-4H3,(H,34,38)/t20-,27-/m1/s1. The molecule has 0 saturated heterocycles. The van der Waals surface area contributed by atoms with Gasteiger partial charge in [-0.05, 0) is 54.8 Å². The van der Waals surface area contributed by atoms with Crippen LogP contribution >= 0.6 is 34.8 Å². The molecule has 3 aromatic carbocycles. The van der Waals surface area contributed by atoms with Crippen LogP contribution in [0.4, 0.5) is 5.69 Å². The molecule has 8 nitrogen and oxygen atoms in total. The minimum absolute atomic E-state index is 0.0363. The summed E-state index contributed by atoms with van der Waals surface area (Å²) in [6, 6.07) is 17.6. The van der Waals surface area contributed by atoms with Crippen molar-refractivity contribution in [3.8, 4) is 5.75 Å². The van der Waals surface area contributed by atoms with Gasteiger partial charge in [-0.2, -0.15) is 0 Å². The van der Waals surface area contributed by atoms with Crippen LogP contribution < -0.4 is 14.4 Å². The fourth-order valence-corrected chi connectivity index (χ4v) is 5.61. The largest absolute Gasteiger partial charge is 0.495 e. The van der Waals surface area contributed by atoms with Crippen LogP contribution in [0.25, 0.3) is 0 Å². The first kappa shape index (κ1) is 33.5. The van der Waals surface area contributed by atoms with Crippen molar-refractivity contribution in [2.45, 2.75) is 45.3 Å². The highest BCUT2D eigenvalue weighted by Crippen LogP contribution is 2.33. The lowest BCUT2D eigenvalue weighted by molar-refractivity contribution is -0.140. The number of rotatable bonds is 13. The number of ether oxygens (including phenoxy) is 1. The molecule has 0 aliphatic heterocycles. The molecule has 0 spiro atoms. The Morgan fingerprint density at radius 3 is 2.24 bits per heavy atom. The van der Waals surface area contributed by atoms with E-state index in [2.05, 4.69) is 5.32 Å². The van der Waals surface area contributed by atoms with Crippen molar-refractivity contribution in [2.75, 3.05) is 24.2 Å². The number of methoxy groups -OCH3 is 1. The molecule has 3 rings (SSSR count). The van der Waals surface area contributed by atoms with E-state index >= 15 is 0 Å². The van der Waals surface area contributed by atoms with Crippen molar-refractivity contribution in [3.63, 3.8) is 0 Å². The molecule has 0 unspecified atom stereocenters. The van der Waals surface area contributed by atoms with Crippen molar-refractivity contribution in [2.24, 2.45) is 0 Å². The van der Waals surface area contributed by atoms with Gasteiger partial charge in [-0.3, -0.25) is 13.9 Å². The molecule has 0 aliphatic carbocycles. The van der Waals surface area contributed by atoms with E-state index in [1.807, 2.05) is 44.2 Å². The van der Waals surface area contributed by atoms with E-state index in [4.69, 9.17) is 39.5 Å². The van der Waals surface area contributed by atoms with Crippen LogP contribution in [0.5, 0.6) is 5.75 Å². The maximum absolute atomic E-state index is 14.2. The molecule has 2 atom stereocenters. The molecule has 0 bridgehead atoms. The topological polar surface area (TPSA) is 96.0 Å². The van der Waals surface area contributed by atoms with Crippen LogP contribution in [0.1, 0.15) is 31.4 Å². The summed E-state index contributed by atoms with van der Waals surface area (Å²) < 4.78 is 32.4. The maximum atomic E-state index is 14.2. The molecule has 0 radical (unpaired) electrons. The lowest BCUT2D eigenvalue weighted by Crippen LogP contribution is -2.54. The molecule has 3 aromatic rings. The van der Waals surface area contributed by atoms with Gasteiger partial charge in [0.15, 0.2) is 0 Å². The third-order valence-electron chi connectivity index (χ3n) is 6.70. The first-order valence-electron chi connectivity index (χ1n) is 13.2. The molecule has 12 heteroatoms. The Bertz CT molecular complexity index is 1510. The van der Waals surface area contributed by atoms with Gasteiger partial charge in [-0.25, -0.2) is 8.42 Å². The summed E-state index contributed by atoms with van der Waals surface area (Å²) in [4.78, 5) is 29.3. The molecular weight excluding hydrogens is 621 g/mol. The second-order valence-electron chi connectivity index (χ2n) is 9.88. The van der Waals surface area contributed by atoms with Gasteiger partial charge in [0.25, 0.3) is 0 Å². The number of hydrogen-bond acceptors (Lipinski definition) is 5. The Kier molecular flexibility index (Phi) is 11.9. The Morgan fingerprint density at radius 1 is 0.952 bits per heavy atom. The van der Waals surface area contributed by atoms with Crippen molar-refractivity contribution in [1.29, 1.82) is 0 Å². The number of halogens is 3. The summed E-state index contributed by atoms with van der Waals surface area (Å²) in [6.45, 7) is 3.17. The van der Waals surface area contributed by atoms with Gasteiger partial charge in [0.05, 0.1) is 29.1 Å². The monoisotopic (exact) mass is 653 g/mol. The minimum Gasteiger partial charge on any atom is -0.495 e. The molecule has 0 heterocycles. The number of nitrogens with zero attached hydrogens (tertiary/aromatic N) is 2. The fourth-order valence-electron chi connectivity index (χ4n) is 4.28. The van der Waals surface area contributed by atoms with Gasteiger partial charge in [0.2, 0.25) is 21.8 Å². The molecule has 0 aromatic heterocycles. The van der Waals surface area contributed by atoms with Gasteiger partial charge >= 0.3 is 0 Å². The zero-order valence-corrected chi connectivity index (χ0v) is 26.9. The normalized spacial score (nSPS) is 12.7. The quantitative estimate of drug-likeness (QED) is 0.245. The van der Waals surface area contributed by atoms with E-state index in [9.17, 15) is 18.0 Å². The summed E-state index contributed by atoms with van der Waals surface area (Å²) in [6.07, 6.45) is 1.86. The lowest BCUT2D eigenvalue weighted by atomic mass is 10.0. The Hall–Kier alpha value is -2.98. The highest BCUT2D eigenvalue weighted by molar-refractivity contribution is 7.92. The van der Waals surface area contributed by atoms with Crippen LogP contribution in [-0.4, -0.2) is 57.1 Å². The number of nitrogens with one attached hydrogen (secondary N) is 1. The van der Waals surface area contributed by atoms with Crippen LogP contribution in [-0.2, 0) is 32.6 Å². The zero-order valence-electron chi connectivity index (χ0n) is 23.8. The molecule has 42 heavy (non-hydrogen) atoms. The summed E-state index contributed by atoms with van der Waals surface area (Å²) in [5.41, 5.74) is 1.53. The highest BCUT2D eigenvalue weighted by atomic mass is 35.5. The Balaban J connectivity index is 2.12. The first-order valence-corrected chi connectivity index (χ1v) is 16.2. The SMILES string of the molecule is CC[C@@H](C)NC(=O)[C@@H](Cc1ccccc1)N(Cc1ccc(Cl)c(Cl)c1)C(=O)CN(c1cc(Cl)ccc1OC)S(C)(=O)=O. The van der Waals surface area contributed by atoms with Gasteiger partial charge in [-0.1, -0.05) is 78.1 Å². The smallest absolute Gasteiger partial charge is 0.244 e. The van der Waals surface area contributed by atoms with E-state index in [1.54, 1.807) is 24.3 Å². The average Bonchev–Trinajstić information content (AvgIpc) is 2.95. The number of amides is 2. The first-order chi connectivity index (χ1) is 19.8. The summed E-state index contributed by atoms with van der Waals surface area (Å²) >= 11 is 18.6. The molecule has 0 aliphatic rings. The Labute approximate surface area is 262 Å². The van der Waals surface area contributed by atoms with E-state index in [0.717, 1.165) is 16.1 Å². The summed E-state index contributed by atoms with van der Waals surface area (Å²) in [7, 11) is -2.61. The minimum atomic E-state index is -4.00. The molecule has 0 saturated carbocycles. The van der Waals surface area contributed by atoms with Crippen LogP contribution in [0.2, 0.25) is 15.1 Å². The third-order valence-corrected chi connectivity index (χ3v) is 8.80. The Morgan fingerprint density at radius 2 is 1.64 bits per heavy atom. The molecule has 0 fully saturated rings. The second-order valence-corrected chi connectivity index (χ2v) is 13.0. The number of carbonyl (C=O) groups excluding carboxylic acids is 2. The molecule has 226 valence electrons. The summed E-state index contributed by atoms with van der Waals surface area (Å²) in [5.74, 6) is -0.773. The number of hydrogen-bond donors (Lipinski definition) is 1. The zero-order chi connectivity index (χ0) is 31.0. The van der Waals surface area contributed by atoms with E-state index in [1.165, 1.54) is 24.1 Å². The van der Waals surface area contributed by atoms with Crippen molar-refractivity contribution in [1.82, 2.24) is 10.2 Å². The molecule has 1 N–H and O–H groups in total. The van der Waals surface area contributed by atoms with Gasteiger partial charge < -0.3 is 15.0 Å². The molecular formula is C30H34Cl3N3O5S. The predicted octanol–water partition coefficient (Wildman–Crippen LogP) is 5.98. The third kappa shape index (κ3) is 9.01. The fraction of sp³-hybridized carbons (Fsp3) is 0.333. The van der Waals surface area contributed by atoms with Gasteiger partial charge in [0.1, 0.15) is 18.3 Å². The van der Waals surface area contributed by atoms with E-state index in [0.29, 0.717) is 17.0 Å². The predicted molar refractivity (Wildman–Crippen MR) is 169 cm³/mol. The second kappa shape index (κ2) is 15.0. The van der Waals surface area contributed by atoms with Crippen LogP contribution in [0, 0.1) is 0 Å². The molecule has 2 amide bonds.